The maximum absolute atomic E-state index is 11.5. The van der Waals surface area contributed by atoms with E-state index in [1.165, 1.54) is 35.7 Å². The van der Waals surface area contributed by atoms with E-state index in [-0.39, 0.29) is 6.61 Å². The number of aromatic amines is 1. The zero-order chi connectivity index (χ0) is 20.1. The molecule has 28 heavy (non-hydrogen) atoms. The van der Waals surface area contributed by atoms with E-state index in [4.69, 9.17) is 9.84 Å². The van der Waals surface area contributed by atoms with E-state index < -0.39 is 23.6 Å². The molecule has 0 radical (unpaired) electrons. The van der Waals surface area contributed by atoms with Gasteiger partial charge in [0, 0.05) is 30.2 Å². The van der Waals surface area contributed by atoms with Gasteiger partial charge in [0.1, 0.15) is 6.10 Å². The Morgan fingerprint density at radius 2 is 2.18 bits per heavy atom. The first-order valence-corrected chi connectivity index (χ1v) is 9.36. The van der Waals surface area contributed by atoms with E-state index >= 15 is 0 Å². The van der Waals surface area contributed by atoms with Crippen LogP contribution < -0.4 is 11.2 Å². The molecule has 0 amide bonds. The molecule has 0 spiro atoms. The smallest absolute Gasteiger partial charge is 0.330 e. The lowest BCUT2D eigenvalue weighted by atomic mass is 10.1. The lowest BCUT2D eigenvalue weighted by Gasteiger charge is -2.18. The molecule has 0 unspecified atom stereocenters. The zero-order valence-corrected chi connectivity index (χ0v) is 16.1. The van der Waals surface area contributed by atoms with Crippen LogP contribution >= 0.6 is 0 Å². The monoisotopic (exact) mass is 386 g/mol. The van der Waals surface area contributed by atoms with Crippen molar-refractivity contribution in [2.75, 3.05) is 20.2 Å². The molecule has 4 heterocycles. The molecule has 8 nitrogen and oxygen atoms in total. The first-order chi connectivity index (χ1) is 13.5. The highest BCUT2D eigenvalue weighted by molar-refractivity contribution is 5.15. The molecule has 2 aliphatic rings. The van der Waals surface area contributed by atoms with Gasteiger partial charge in [-0.15, -0.1) is 0 Å². The molecule has 1 saturated heterocycles. The van der Waals surface area contributed by atoms with Crippen molar-refractivity contribution in [3.05, 3.63) is 74.8 Å². The Labute approximate surface area is 163 Å². The van der Waals surface area contributed by atoms with Crippen molar-refractivity contribution in [1.82, 2.24) is 19.4 Å². The molecule has 4 rings (SSSR count). The van der Waals surface area contributed by atoms with Crippen LogP contribution in [0, 0.1) is 6.92 Å². The third-order valence-electron chi connectivity index (χ3n) is 4.99. The SMILES string of the molecule is CN1CCC[C@H]1c1cccnc1.Cc1cn([C@H]2C=C[C@@H](CO)O2)c(=O)[nH]c1=O. The zero-order valence-electron chi connectivity index (χ0n) is 16.1. The summed E-state index contributed by atoms with van der Waals surface area (Å²) in [6.45, 7) is 2.70. The molecule has 0 aromatic carbocycles. The van der Waals surface area contributed by atoms with E-state index in [9.17, 15) is 9.59 Å². The lowest BCUT2D eigenvalue weighted by molar-refractivity contribution is -0.0104. The minimum absolute atomic E-state index is 0.135. The van der Waals surface area contributed by atoms with Gasteiger partial charge < -0.3 is 9.84 Å². The highest BCUT2D eigenvalue weighted by Gasteiger charge is 2.22. The summed E-state index contributed by atoms with van der Waals surface area (Å²) in [5, 5.41) is 8.88. The van der Waals surface area contributed by atoms with Crippen LogP contribution in [0.5, 0.6) is 0 Å². The second-order valence-electron chi connectivity index (χ2n) is 7.04. The highest BCUT2D eigenvalue weighted by atomic mass is 16.5. The van der Waals surface area contributed by atoms with Crippen LogP contribution in [0.4, 0.5) is 0 Å². The Morgan fingerprint density at radius 1 is 1.36 bits per heavy atom. The van der Waals surface area contributed by atoms with E-state index in [1.807, 2.05) is 18.5 Å². The normalized spacial score (nSPS) is 24.2. The van der Waals surface area contributed by atoms with Crippen LogP contribution in [0.15, 0.2) is 52.5 Å². The molecule has 8 heteroatoms. The number of rotatable bonds is 3. The number of ether oxygens (including phenoxy) is 1. The van der Waals surface area contributed by atoms with Gasteiger partial charge in [-0.05, 0) is 51.1 Å². The topological polar surface area (TPSA) is 100 Å². The van der Waals surface area contributed by atoms with Gasteiger partial charge >= 0.3 is 5.69 Å². The van der Waals surface area contributed by atoms with Gasteiger partial charge in [0.05, 0.1) is 6.61 Å². The third kappa shape index (κ3) is 4.64. The second kappa shape index (κ2) is 9.09. The average Bonchev–Trinajstić information content (AvgIpc) is 3.35. The third-order valence-corrected chi connectivity index (χ3v) is 4.99. The predicted molar refractivity (Wildman–Crippen MR) is 105 cm³/mol. The predicted octanol–water partition coefficient (Wildman–Crippen LogP) is 1.14. The molecule has 1 fully saturated rings. The van der Waals surface area contributed by atoms with Crippen molar-refractivity contribution in [3.8, 4) is 0 Å². The van der Waals surface area contributed by atoms with Gasteiger partial charge in [-0.1, -0.05) is 12.1 Å². The number of nitrogens with zero attached hydrogens (tertiary/aromatic N) is 3. The molecular weight excluding hydrogens is 360 g/mol. The summed E-state index contributed by atoms with van der Waals surface area (Å²) in [5.41, 5.74) is 0.868. The molecule has 2 aliphatic heterocycles. The summed E-state index contributed by atoms with van der Waals surface area (Å²) in [5.74, 6) is 0. The molecule has 150 valence electrons. The fourth-order valence-corrected chi connectivity index (χ4v) is 3.43. The highest BCUT2D eigenvalue weighted by Crippen LogP contribution is 2.29. The van der Waals surface area contributed by atoms with Crippen LogP contribution in [0.2, 0.25) is 0 Å². The summed E-state index contributed by atoms with van der Waals surface area (Å²) in [7, 11) is 2.19. The largest absolute Gasteiger partial charge is 0.393 e. The number of likely N-dealkylation sites (tertiary alicyclic amines) is 1. The van der Waals surface area contributed by atoms with E-state index in [0.29, 0.717) is 11.6 Å². The minimum Gasteiger partial charge on any atom is -0.393 e. The number of aromatic nitrogens is 3. The number of hydrogen-bond acceptors (Lipinski definition) is 6. The average molecular weight is 386 g/mol. The van der Waals surface area contributed by atoms with Crippen molar-refractivity contribution in [1.29, 1.82) is 0 Å². The van der Waals surface area contributed by atoms with Crippen molar-refractivity contribution in [2.24, 2.45) is 0 Å². The van der Waals surface area contributed by atoms with Crippen LogP contribution in [0.25, 0.3) is 0 Å². The molecule has 2 N–H and O–H groups in total. The van der Waals surface area contributed by atoms with Crippen LogP contribution in [-0.4, -0.2) is 50.8 Å². The first-order valence-electron chi connectivity index (χ1n) is 9.36. The van der Waals surface area contributed by atoms with Gasteiger partial charge in [0.2, 0.25) is 0 Å². The van der Waals surface area contributed by atoms with E-state index in [2.05, 4.69) is 28.0 Å². The summed E-state index contributed by atoms with van der Waals surface area (Å²) >= 11 is 0. The summed E-state index contributed by atoms with van der Waals surface area (Å²) in [6.07, 6.45) is 10.2. The number of aryl methyl sites for hydroxylation is 1. The van der Waals surface area contributed by atoms with Crippen LogP contribution in [-0.2, 0) is 4.74 Å². The van der Waals surface area contributed by atoms with Crippen LogP contribution in [0.1, 0.15) is 36.2 Å². The summed E-state index contributed by atoms with van der Waals surface area (Å²) in [4.78, 5) is 31.4. The number of H-pyrrole nitrogens is 1. The Morgan fingerprint density at radius 3 is 2.79 bits per heavy atom. The summed E-state index contributed by atoms with van der Waals surface area (Å²) < 4.78 is 6.63. The fraction of sp³-hybridized carbons (Fsp3) is 0.450. The maximum Gasteiger partial charge on any atom is 0.330 e. The first kappa shape index (κ1) is 20.2. The number of aliphatic hydroxyl groups is 1. The Balaban J connectivity index is 0.000000167. The van der Waals surface area contributed by atoms with Crippen molar-refractivity contribution < 1.29 is 9.84 Å². The number of pyridine rings is 1. The molecule has 3 atom stereocenters. The molecule has 0 bridgehead atoms. The minimum atomic E-state index is -0.569. The Bertz CT molecular complexity index is 922. The molecule has 2 aromatic rings. The van der Waals surface area contributed by atoms with Gasteiger partial charge in [0.15, 0.2) is 6.23 Å². The molecular formula is C20H26N4O4. The quantitative estimate of drug-likeness (QED) is 0.768. The van der Waals surface area contributed by atoms with Gasteiger partial charge in [0.25, 0.3) is 5.56 Å². The van der Waals surface area contributed by atoms with Gasteiger partial charge in [-0.25, -0.2) is 4.79 Å². The summed E-state index contributed by atoms with van der Waals surface area (Å²) in [6, 6.07) is 4.79. The maximum atomic E-state index is 11.5. The molecule has 2 aromatic heterocycles. The van der Waals surface area contributed by atoms with E-state index in [1.54, 1.807) is 19.1 Å². The molecule has 0 saturated carbocycles. The molecule has 0 aliphatic carbocycles. The Hall–Kier alpha value is -2.55. The van der Waals surface area contributed by atoms with E-state index in [0.717, 1.165) is 0 Å². The van der Waals surface area contributed by atoms with Crippen molar-refractivity contribution >= 4 is 0 Å². The lowest BCUT2D eigenvalue weighted by Crippen LogP contribution is -2.33. The number of hydrogen-bond donors (Lipinski definition) is 2. The van der Waals surface area contributed by atoms with Crippen molar-refractivity contribution in [2.45, 2.75) is 38.1 Å². The Kier molecular flexibility index (Phi) is 6.56. The second-order valence-corrected chi connectivity index (χ2v) is 7.04. The standard InChI is InChI=1S/C10H12N2O4.C10H14N2/c1-6-4-12(10(15)11-9(6)14)8-3-2-7(5-13)16-8;1-12-7-3-5-10(12)9-4-2-6-11-8-9/h2-4,7-8,13H,5H2,1H3,(H,11,14,15);2,4,6,8,10H,3,5,7H2,1H3/t7-,8+;10-/m00/s1. The van der Waals surface area contributed by atoms with Gasteiger partial charge in [-0.2, -0.15) is 0 Å². The fourth-order valence-electron chi connectivity index (χ4n) is 3.43. The van der Waals surface area contributed by atoms with Crippen molar-refractivity contribution in [3.63, 3.8) is 0 Å². The number of nitrogens with one attached hydrogen (secondary N) is 1. The van der Waals surface area contributed by atoms with Gasteiger partial charge in [-0.3, -0.25) is 24.2 Å². The van der Waals surface area contributed by atoms with Crippen LogP contribution in [0.3, 0.4) is 0 Å². The number of aliphatic hydroxyl groups excluding tert-OH is 1.